The molecule has 0 bridgehead atoms. The highest BCUT2D eigenvalue weighted by Crippen LogP contribution is 2.35. The van der Waals surface area contributed by atoms with Crippen LogP contribution in [0.2, 0.25) is 0 Å². The number of halogens is 4. The van der Waals surface area contributed by atoms with Crippen LogP contribution in [-0.2, 0) is 6.18 Å². The topological polar surface area (TPSA) is 0 Å². The molecule has 0 aliphatic heterocycles. The van der Waals surface area contributed by atoms with Gasteiger partial charge in [0.1, 0.15) is 5.82 Å². The normalized spacial score (nSPS) is 11.1. The molecule has 0 fully saturated rings. The molecule has 1 rings (SSSR count). The van der Waals surface area contributed by atoms with Crippen molar-refractivity contribution in [1.29, 1.82) is 0 Å². The van der Waals surface area contributed by atoms with Crippen molar-refractivity contribution in [3.63, 3.8) is 0 Å². The van der Waals surface area contributed by atoms with E-state index in [2.05, 4.69) is 0 Å². The Morgan fingerprint density at radius 3 is 1.94 bits per heavy atom. The third-order valence-electron chi connectivity index (χ3n) is 1.94. The van der Waals surface area contributed by atoms with Crippen LogP contribution in [0, 0.1) is 5.82 Å². The van der Waals surface area contributed by atoms with Gasteiger partial charge in [-0.25, -0.2) is 4.39 Å². The summed E-state index contributed by atoms with van der Waals surface area (Å²) in [5.41, 5.74) is -0.758. The van der Waals surface area contributed by atoms with Crippen LogP contribution in [0.15, 0.2) is 18.2 Å². The summed E-state index contributed by atoms with van der Waals surface area (Å²) in [6, 6.07) is 2.55. The Hall–Kier alpha value is -1.06. The van der Waals surface area contributed by atoms with E-state index in [0.29, 0.717) is 0 Å². The summed E-state index contributed by atoms with van der Waals surface area (Å²) >= 11 is 0. The maximum atomic E-state index is 12.7. The predicted octanol–water partition coefficient (Wildman–Crippen LogP) is 4.99. The molecule has 16 heavy (non-hydrogen) atoms. The van der Waals surface area contributed by atoms with Gasteiger partial charge in [-0.05, 0) is 29.7 Å². The molecule has 0 aromatic heterocycles. The molecule has 0 atom stereocenters. The van der Waals surface area contributed by atoms with Crippen LogP contribution in [0.1, 0.15) is 44.7 Å². The van der Waals surface area contributed by atoms with Crippen molar-refractivity contribution in [2.45, 2.75) is 39.8 Å². The fourth-order valence-electron chi connectivity index (χ4n) is 1.27. The van der Waals surface area contributed by atoms with Gasteiger partial charge in [0.15, 0.2) is 0 Å². The Bertz CT molecular complexity index is 326. The van der Waals surface area contributed by atoms with Gasteiger partial charge in [-0.3, -0.25) is 0 Å². The second-order valence-electron chi connectivity index (χ2n) is 3.38. The van der Waals surface area contributed by atoms with Gasteiger partial charge < -0.3 is 0 Å². The molecule has 0 amide bonds. The molecule has 0 N–H and O–H groups in total. The van der Waals surface area contributed by atoms with Crippen LogP contribution < -0.4 is 0 Å². The van der Waals surface area contributed by atoms with Crippen molar-refractivity contribution in [2.75, 3.05) is 0 Å². The van der Waals surface area contributed by atoms with E-state index in [0.717, 1.165) is 18.2 Å². The summed E-state index contributed by atoms with van der Waals surface area (Å²) in [4.78, 5) is 0. The standard InChI is InChI=1S/C10H10F4.C2H6/c1-6(2)8-5-7(11)3-4-9(8)10(12,13)14;1-2/h3-6H,1-2H3;1-2H3. The van der Waals surface area contributed by atoms with Crippen LogP contribution in [0.3, 0.4) is 0 Å². The maximum Gasteiger partial charge on any atom is 0.416 e. The van der Waals surface area contributed by atoms with Crippen molar-refractivity contribution in [2.24, 2.45) is 0 Å². The van der Waals surface area contributed by atoms with Crippen molar-refractivity contribution >= 4 is 0 Å². The lowest BCUT2D eigenvalue weighted by molar-refractivity contribution is -0.138. The minimum atomic E-state index is -4.41. The molecular weight excluding hydrogens is 220 g/mol. The zero-order chi connectivity index (χ0) is 12.9. The molecule has 1 aromatic rings. The van der Waals surface area contributed by atoms with Gasteiger partial charge in [0.05, 0.1) is 5.56 Å². The van der Waals surface area contributed by atoms with E-state index in [-0.39, 0.29) is 11.5 Å². The summed E-state index contributed by atoms with van der Waals surface area (Å²) in [6.07, 6.45) is -4.41. The number of rotatable bonds is 1. The Labute approximate surface area is 93.3 Å². The van der Waals surface area contributed by atoms with E-state index in [1.165, 1.54) is 0 Å². The Morgan fingerprint density at radius 1 is 1.06 bits per heavy atom. The predicted molar refractivity (Wildman–Crippen MR) is 56.8 cm³/mol. The van der Waals surface area contributed by atoms with E-state index < -0.39 is 17.6 Å². The molecule has 0 heterocycles. The van der Waals surface area contributed by atoms with Crippen LogP contribution in [0.4, 0.5) is 17.6 Å². The second-order valence-corrected chi connectivity index (χ2v) is 3.38. The maximum absolute atomic E-state index is 12.7. The first-order valence-corrected chi connectivity index (χ1v) is 5.19. The van der Waals surface area contributed by atoms with E-state index in [9.17, 15) is 17.6 Å². The first kappa shape index (κ1) is 14.9. The van der Waals surface area contributed by atoms with Crippen molar-refractivity contribution in [3.8, 4) is 0 Å². The van der Waals surface area contributed by atoms with Gasteiger partial charge in [-0.1, -0.05) is 27.7 Å². The van der Waals surface area contributed by atoms with Gasteiger partial charge in [0.2, 0.25) is 0 Å². The summed E-state index contributed by atoms with van der Waals surface area (Å²) in [7, 11) is 0. The average Bonchev–Trinajstić information content (AvgIpc) is 2.18. The summed E-state index contributed by atoms with van der Waals surface area (Å²) < 4.78 is 50.0. The molecule has 0 aliphatic carbocycles. The van der Waals surface area contributed by atoms with Gasteiger partial charge in [-0.2, -0.15) is 13.2 Å². The number of benzene rings is 1. The molecule has 0 radical (unpaired) electrons. The van der Waals surface area contributed by atoms with Crippen LogP contribution in [-0.4, -0.2) is 0 Å². The minimum absolute atomic E-state index is 0.00231. The monoisotopic (exact) mass is 236 g/mol. The highest BCUT2D eigenvalue weighted by molar-refractivity contribution is 5.32. The molecule has 4 heteroatoms. The van der Waals surface area contributed by atoms with Crippen LogP contribution in [0.25, 0.3) is 0 Å². The molecule has 92 valence electrons. The second kappa shape index (κ2) is 5.87. The number of alkyl halides is 3. The van der Waals surface area contributed by atoms with Crippen molar-refractivity contribution in [3.05, 3.63) is 35.1 Å². The molecule has 0 nitrogen and oxygen atoms in total. The van der Waals surface area contributed by atoms with Gasteiger partial charge in [0, 0.05) is 0 Å². The zero-order valence-electron chi connectivity index (χ0n) is 9.82. The minimum Gasteiger partial charge on any atom is -0.207 e. The highest BCUT2D eigenvalue weighted by Gasteiger charge is 2.33. The number of hydrogen-bond acceptors (Lipinski definition) is 0. The zero-order valence-corrected chi connectivity index (χ0v) is 9.82. The summed E-state index contributed by atoms with van der Waals surface area (Å²) in [5, 5.41) is 0. The fraction of sp³-hybridized carbons (Fsp3) is 0.500. The van der Waals surface area contributed by atoms with Gasteiger partial charge in [-0.15, -0.1) is 0 Å². The lowest BCUT2D eigenvalue weighted by atomic mass is 9.97. The molecule has 0 unspecified atom stereocenters. The highest BCUT2D eigenvalue weighted by atomic mass is 19.4. The third kappa shape index (κ3) is 3.83. The largest absolute Gasteiger partial charge is 0.416 e. The first-order chi connectivity index (χ1) is 7.32. The van der Waals surface area contributed by atoms with E-state index >= 15 is 0 Å². The molecular formula is C12H16F4. The molecule has 0 saturated heterocycles. The fourth-order valence-corrected chi connectivity index (χ4v) is 1.27. The lowest BCUT2D eigenvalue weighted by Crippen LogP contribution is -2.10. The first-order valence-electron chi connectivity index (χ1n) is 5.19. The van der Waals surface area contributed by atoms with Gasteiger partial charge in [0.25, 0.3) is 0 Å². The Balaban J connectivity index is 0.00000106. The van der Waals surface area contributed by atoms with Crippen molar-refractivity contribution < 1.29 is 17.6 Å². The summed E-state index contributed by atoms with van der Waals surface area (Å²) in [6.45, 7) is 7.20. The molecule has 0 aliphatic rings. The Morgan fingerprint density at radius 2 is 1.56 bits per heavy atom. The molecule has 1 aromatic carbocycles. The molecule has 0 saturated carbocycles. The van der Waals surface area contributed by atoms with E-state index in [1.807, 2.05) is 13.8 Å². The smallest absolute Gasteiger partial charge is 0.207 e. The third-order valence-corrected chi connectivity index (χ3v) is 1.94. The van der Waals surface area contributed by atoms with Crippen LogP contribution in [0.5, 0.6) is 0 Å². The average molecular weight is 236 g/mol. The lowest BCUT2D eigenvalue weighted by Gasteiger charge is -2.15. The van der Waals surface area contributed by atoms with Gasteiger partial charge >= 0.3 is 6.18 Å². The summed E-state index contributed by atoms with van der Waals surface area (Å²) in [5.74, 6) is -0.982. The van der Waals surface area contributed by atoms with E-state index in [1.54, 1.807) is 13.8 Å². The van der Waals surface area contributed by atoms with Crippen molar-refractivity contribution in [1.82, 2.24) is 0 Å². The van der Waals surface area contributed by atoms with Crippen LogP contribution >= 0.6 is 0 Å². The SMILES string of the molecule is CC.CC(C)c1cc(F)ccc1C(F)(F)F. The quantitative estimate of drug-likeness (QED) is 0.602. The number of hydrogen-bond donors (Lipinski definition) is 0. The Kier molecular flexibility index (Phi) is 5.48. The molecule has 0 spiro atoms. The van der Waals surface area contributed by atoms with E-state index in [4.69, 9.17) is 0 Å².